The van der Waals surface area contributed by atoms with E-state index in [1.165, 1.54) is 24.2 Å². The second-order valence-corrected chi connectivity index (χ2v) is 6.99. The molecule has 1 saturated carbocycles. The molecule has 0 atom stereocenters. The van der Waals surface area contributed by atoms with E-state index in [-0.39, 0.29) is 12.7 Å². The van der Waals surface area contributed by atoms with Gasteiger partial charge in [0, 0.05) is 30.1 Å². The van der Waals surface area contributed by atoms with Gasteiger partial charge in [-0.1, -0.05) is 6.07 Å². The molecule has 2 aromatic rings. The lowest BCUT2D eigenvalue weighted by Crippen LogP contribution is -2.23. The van der Waals surface area contributed by atoms with Crippen molar-refractivity contribution in [3.8, 4) is 11.5 Å². The molecule has 0 saturated heterocycles. The molecule has 26 heavy (non-hydrogen) atoms. The van der Waals surface area contributed by atoms with Gasteiger partial charge in [0.1, 0.15) is 0 Å². The Kier molecular flexibility index (Phi) is 4.45. The van der Waals surface area contributed by atoms with Crippen molar-refractivity contribution in [2.45, 2.75) is 39.2 Å². The number of nitrogens with zero attached hydrogens (tertiary/aromatic N) is 1. The molecule has 1 aromatic carbocycles. The van der Waals surface area contributed by atoms with Crippen LogP contribution in [-0.4, -0.2) is 23.8 Å². The molecule has 2 heterocycles. The Morgan fingerprint density at radius 3 is 2.85 bits per heavy atom. The smallest absolute Gasteiger partial charge is 0.244 e. The first-order valence-corrected chi connectivity index (χ1v) is 9.14. The van der Waals surface area contributed by atoms with Crippen LogP contribution in [0.1, 0.15) is 41.4 Å². The van der Waals surface area contributed by atoms with Crippen molar-refractivity contribution in [2.75, 3.05) is 13.3 Å². The van der Waals surface area contributed by atoms with Crippen molar-refractivity contribution in [1.29, 1.82) is 0 Å². The van der Waals surface area contributed by atoms with Gasteiger partial charge < -0.3 is 19.4 Å². The number of carbonyl (C=O) groups is 1. The van der Waals surface area contributed by atoms with Gasteiger partial charge in [0.15, 0.2) is 11.5 Å². The number of aryl methyl sites for hydroxylation is 1. The Labute approximate surface area is 153 Å². The highest BCUT2D eigenvalue weighted by atomic mass is 16.7. The van der Waals surface area contributed by atoms with E-state index in [0.717, 1.165) is 29.0 Å². The number of aromatic nitrogens is 1. The second kappa shape index (κ2) is 6.90. The Morgan fingerprint density at radius 1 is 1.23 bits per heavy atom. The summed E-state index contributed by atoms with van der Waals surface area (Å²) in [7, 11) is 0. The van der Waals surface area contributed by atoms with E-state index in [1.54, 1.807) is 6.08 Å². The maximum absolute atomic E-state index is 12.1. The number of amides is 1. The lowest BCUT2D eigenvalue weighted by atomic mass is 10.1. The molecular formula is C21H24N2O3. The maximum Gasteiger partial charge on any atom is 0.244 e. The third-order valence-electron chi connectivity index (χ3n) is 5.00. The zero-order valence-electron chi connectivity index (χ0n) is 15.2. The van der Waals surface area contributed by atoms with Crippen molar-refractivity contribution in [2.24, 2.45) is 0 Å². The van der Waals surface area contributed by atoms with Crippen LogP contribution in [0.3, 0.4) is 0 Å². The van der Waals surface area contributed by atoms with Crippen molar-refractivity contribution in [3.63, 3.8) is 0 Å². The molecule has 2 aliphatic rings. The lowest BCUT2D eigenvalue weighted by molar-refractivity contribution is -0.116. The van der Waals surface area contributed by atoms with E-state index in [0.29, 0.717) is 12.6 Å². The molecule has 0 radical (unpaired) electrons. The quantitative estimate of drug-likeness (QED) is 0.809. The van der Waals surface area contributed by atoms with E-state index < -0.39 is 0 Å². The number of fused-ring (bicyclic) bond motifs is 1. The van der Waals surface area contributed by atoms with Gasteiger partial charge in [0.05, 0.1) is 0 Å². The summed E-state index contributed by atoms with van der Waals surface area (Å²) < 4.78 is 13.1. The van der Waals surface area contributed by atoms with Crippen LogP contribution in [-0.2, 0) is 11.2 Å². The predicted octanol–water partition coefficient (Wildman–Crippen LogP) is 3.54. The molecular weight excluding hydrogens is 328 g/mol. The Morgan fingerprint density at radius 2 is 2.04 bits per heavy atom. The van der Waals surface area contributed by atoms with E-state index in [1.807, 2.05) is 24.3 Å². The fraction of sp³-hybridized carbons (Fsp3) is 0.381. The first-order valence-electron chi connectivity index (χ1n) is 9.14. The SMILES string of the molecule is Cc1cc(/C=C/C(=O)NCCc2ccc3c(c2)OCO3)c(C)n1C1CC1. The first-order chi connectivity index (χ1) is 12.6. The number of nitrogens with one attached hydrogen (secondary N) is 1. The zero-order valence-corrected chi connectivity index (χ0v) is 15.2. The third kappa shape index (κ3) is 3.47. The number of hydrogen-bond donors (Lipinski definition) is 1. The molecule has 1 amide bonds. The minimum absolute atomic E-state index is 0.0676. The lowest BCUT2D eigenvalue weighted by Gasteiger charge is -2.06. The standard InChI is InChI=1S/C21H24N2O3/c1-14-11-17(15(2)23(14)18-5-6-18)4-8-21(24)22-10-9-16-3-7-19-20(12-16)26-13-25-19/h3-4,7-8,11-12,18H,5-6,9-10,13H2,1-2H3,(H,22,24)/b8-4+. The average molecular weight is 352 g/mol. The van der Waals surface area contributed by atoms with Crippen LogP contribution >= 0.6 is 0 Å². The molecule has 4 rings (SSSR count). The highest BCUT2D eigenvalue weighted by Crippen LogP contribution is 2.38. The number of hydrogen-bond acceptors (Lipinski definition) is 3. The minimum Gasteiger partial charge on any atom is -0.454 e. The van der Waals surface area contributed by atoms with E-state index in [4.69, 9.17) is 9.47 Å². The Bertz CT molecular complexity index is 862. The normalized spacial score (nSPS) is 15.6. The number of ether oxygens (including phenoxy) is 2. The topological polar surface area (TPSA) is 52.5 Å². The third-order valence-corrected chi connectivity index (χ3v) is 5.00. The van der Waals surface area contributed by atoms with Crippen molar-refractivity contribution < 1.29 is 14.3 Å². The molecule has 1 aromatic heterocycles. The van der Waals surface area contributed by atoms with Crippen molar-refractivity contribution in [3.05, 3.63) is 52.9 Å². The van der Waals surface area contributed by atoms with Crippen molar-refractivity contribution in [1.82, 2.24) is 9.88 Å². The number of rotatable bonds is 6. The Balaban J connectivity index is 1.30. The van der Waals surface area contributed by atoms with Gasteiger partial charge in [-0.3, -0.25) is 4.79 Å². The summed E-state index contributed by atoms with van der Waals surface area (Å²) in [5.41, 5.74) is 4.76. The maximum atomic E-state index is 12.1. The largest absolute Gasteiger partial charge is 0.454 e. The zero-order chi connectivity index (χ0) is 18.1. The number of carbonyl (C=O) groups excluding carboxylic acids is 1. The highest BCUT2D eigenvalue weighted by molar-refractivity contribution is 5.91. The summed E-state index contributed by atoms with van der Waals surface area (Å²) in [5, 5.41) is 2.94. The number of benzene rings is 1. The molecule has 0 spiro atoms. The summed E-state index contributed by atoms with van der Waals surface area (Å²) in [4.78, 5) is 12.1. The van der Waals surface area contributed by atoms with Crippen LogP contribution in [0.25, 0.3) is 6.08 Å². The summed E-state index contributed by atoms with van der Waals surface area (Å²) in [6.45, 7) is 5.13. The fourth-order valence-corrected chi connectivity index (χ4v) is 3.52. The average Bonchev–Trinajstić information content (AvgIpc) is 3.26. The molecule has 1 aliphatic carbocycles. The van der Waals surface area contributed by atoms with Gasteiger partial charge in [0.2, 0.25) is 12.7 Å². The van der Waals surface area contributed by atoms with Crippen LogP contribution in [0.15, 0.2) is 30.3 Å². The highest BCUT2D eigenvalue weighted by Gasteiger charge is 2.26. The van der Waals surface area contributed by atoms with E-state index in [2.05, 4.69) is 29.8 Å². The van der Waals surface area contributed by atoms with Crippen LogP contribution in [0.5, 0.6) is 11.5 Å². The van der Waals surface area contributed by atoms with E-state index in [9.17, 15) is 4.79 Å². The molecule has 5 nitrogen and oxygen atoms in total. The summed E-state index contributed by atoms with van der Waals surface area (Å²) in [6, 6.07) is 8.70. The van der Waals surface area contributed by atoms with Crippen LogP contribution in [0.2, 0.25) is 0 Å². The minimum atomic E-state index is -0.0676. The summed E-state index contributed by atoms with van der Waals surface area (Å²) in [6.07, 6.45) is 6.82. The van der Waals surface area contributed by atoms with Gasteiger partial charge in [0.25, 0.3) is 0 Å². The fourth-order valence-electron chi connectivity index (χ4n) is 3.52. The molecule has 1 N–H and O–H groups in total. The molecule has 136 valence electrons. The van der Waals surface area contributed by atoms with Gasteiger partial charge in [-0.2, -0.15) is 0 Å². The summed E-state index contributed by atoms with van der Waals surface area (Å²) >= 11 is 0. The predicted molar refractivity (Wildman–Crippen MR) is 100 cm³/mol. The molecule has 0 bridgehead atoms. The molecule has 0 unspecified atom stereocenters. The van der Waals surface area contributed by atoms with Gasteiger partial charge >= 0.3 is 0 Å². The van der Waals surface area contributed by atoms with Crippen molar-refractivity contribution >= 4 is 12.0 Å². The van der Waals surface area contributed by atoms with Gasteiger partial charge in [-0.25, -0.2) is 0 Å². The van der Waals surface area contributed by atoms with Gasteiger partial charge in [-0.15, -0.1) is 0 Å². The Hall–Kier alpha value is -2.69. The first kappa shape index (κ1) is 16.8. The monoisotopic (exact) mass is 352 g/mol. The van der Waals surface area contributed by atoms with E-state index >= 15 is 0 Å². The molecule has 5 heteroatoms. The van der Waals surface area contributed by atoms with Crippen LogP contribution in [0, 0.1) is 13.8 Å². The molecule has 1 fully saturated rings. The summed E-state index contributed by atoms with van der Waals surface area (Å²) in [5.74, 6) is 1.49. The van der Waals surface area contributed by atoms with Crippen LogP contribution in [0.4, 0.5) is 0 Å². The van der Waals surface area contributed by atoms with Crippen LogP contribution < -0.4 is 14.8 Å². The molecule has 1 aliphatic heterocycles. The van der Waals surface area contributed by atoms with Gasteiger partial charge in [-0.05, 0) is 68.5 Å². The second-order valence-electron chi connectivity index (χ2n) is 6.99.